The standard InChI is InChI=1S/C25H26ClNO2S/c1-18(8-9-19-6-4-3-5-7-19)27-25(28)20-10-15-24(29-2)21(16-20)17-30-23-13-11-22(26)12-14-23/h3-7,10-16,18H,8-9,17H2,1-2H3,(H,27,28)/t18-/m1/s1. The maximum atomic E-state index is 12.8. The minimum absolute atomic E-state index is 0.0593. The number of ether oxygens (including phenoxy) is 1. The van der Waals surface area contributed by atoms with E-state index in [1.54, 1.807) is 18.9 Å². The molecule has 0 aliphatic rings. The zero-order chi connectivity index (χ0) is 21.3. The Kier molecular flexibility index (Phi) is 8.23. The highest BCUT2D eigenvalue weighted by molar-refractivity contribution is 7.98. The smallest absolute Gasteiger partial charge is 0.251 e. The van der Waals surface area contributed by atoms with Crippen LogP contribution in [0.5, 0.6) is 5.75 Å². The third-order valence-corrected chi connectivity index (χ3v) is 6.15. The van der Waals surface area contributed by atoms with E-state index in [-0.39, 0.29) is 11.9 Å². The van der Waals surface area contributed by atoms with Gasteiger partial charge in [0.2, 0.25) is 0 Å². The number of rotatable bonds is 9. The van der Waals surface area contributed by atoms with E-state index in [0.717, 1.165) is 34.1 Å². The lowest BCUT2D eigenvalue weighted by atomic mass is 10.1. The fourth-order valence-electron chi connectivity index (χ4n) is 3.13. The first-order valence-corrected chi connectivity index (χ1v) is 11.3. The summed E-state index contributed by atoms with van der Waals surface area (Å²) in [6, 6.07) is 23.7. The van der Waals surface area contributed by atoms with Crippen LogP contribution in [0.1, 0.15) is 34.8 Å². The second kappa shape index (κ2) is 11.1. The molecule has 3 aromatic carbocycles. The number of carbonyl (C=O) groups is 1. The van der Waals surface area contributed by atoms with Crippen molar-refractivity contribution in [2.45, 2.75) is 36.5 Å². The molecule has 156 valence electrons. The Hall–Kier alpha value is -2.43. The molecule has 0 aliphatic heterocycles. The summed E-state index contributed by atoms with van der Waals surface area (Å²) in [5, 5.41) is 3.83. The molecule has 0 aliphatic carbocycles. The Balaban J connectivity index is 1.61. The monoisotopic (exact) mass is 439 g/mol. The topological polar surface area (TPSA) is 38.3 Å². The first-order valence-electron chi connectivity index (χ1n) is 9.95. The molecule has 0 aromatic heterocycles. The van der Waals surface area contributed by atoms with Gasteiger partial charge in [-0.1, -0.05) is 41.9 Å². The highest BCUT2D eigenvalue weighted by Crippen LogP contribution is 2.29. The molecule has 0 unspecified atom stereocenters. The molecule has 0 bridgehead atoms. The Bertz CT molecular complexity index is 961. The zero-order valence-corrected chi connectivity index (χ0v) is 18.8. The van der Waals surface area contributed by atoms with Gasteiger partial charge < -0.3 is 10.1 Å². The predicted octanol–water partition coefficient (Wildman–Crippen LogP) is 6.39. The van der Waals surface area contributed by atoms with Gasteiger partial charge in [-0.25, -0.2) is 0 Å². The van der Waals surface area contributed by atoms with Crippen LogP contribution in [0.15, 0.2) is 77.7 Å². The number of amides is 1. The molecular weight excluding hydrogens is 414 g/mol. The average Bonchev–Trinajstić information content (AvgIpc) is 2.77. The van der Waals surface area contributed by atoms with Crippen molar-refractivity contribution in [1.29, 1.82) is 0 Å². The third-order valence-electron chi connectivity index (χ3n) is 4.84. The van der Waals surface area contributed by atoms with Gasteiger partial charge in [0.1, 0.15) is 5.75 Å². The second-order valence-corrected chi connectivity index (χ2v) is 8.65. The molecule has 0 saturated carbocycles. The molecule has 1 N–H and O–H groups in total. The van der Waals surface area contributed by atoms with Crippen LogP contribution >= 0.6 is 23.4 Å². The Morgan fingerprint density at radius 2 is 1.80 bits per heavy atom. The number of hydrogen-bond acceptors (Lipinski definition) is 3. The molecule has 3 nitrogen and oxygen atoms in total. The molecule has 3 rings (SSSR count). The summed E-state index contributed by atoms with van der Waals surface area (Å²) in [5.74, 6) is 1.43. The highest BCUT2D eigenvalue weighted by atomic mass is 35.5. The third kappa shape index (κ3) is 6.54. The normalized spacial score (nSPS) is 11.7. The predicted molar refractivity (Wildman–Crippen MR) is 126 cm³/mol. The maximum absolute atomic E-state index is 12.8. The van der Waals surface area contributed by atoms with E-state index in [0.29, 0.717) is 11.3 Å². The molecule has 3 aromatic rings. The number of methoxy groups -OCH3 is 1. The minimum atomic E-state index is -0.0593. The zero-order valence-electron chi connectivity index (χ0n) is 17.2. The SMILES string of the molecule is COc1ccc(C(=O)N[C@H](C)CCc2ccccc2)cc1CSc1ccc(Cl)cc1. The summed E-state index contributed by atoms with van der Waals surface area (Å²) in [5.41, 5.74) is 2.92. The van der Waals surface area contributed by atoms with Crippen LogP contribution in [0.2, 0.25) is 5.02 Å². The van der Waals surface area contributed by atoms with E-state index in [9.17, 15) is 4.79 Å². The Morgan fingerprint density at radius 1 is 1.07 bits per heavy atom. The maximum Gasteiger partial charge on any atom is 0.251 e. The number of aryl methyl sites for hydroxylation is 1. The van der Waals surface area contributed by atoms with E-state index in [2.05, 4.69) is 17.4 Å². The summed E-state index contributed by atoms with van der Waals surface area (Å²) >= 11 is 7.64. The van der Waals surface area contributed by atoms with Gasteiger partial charge in [-0.05, 0) is 67.8 Å². The van der Waals surface area contributed by atoms with Crippen LogP contribution in [-0.2, 0) is 12.2 Å². The van der Waals surface area contributed by atoms with Crippen molar-refractivity contribution in [2.75, 3.05) is 7.11 Å². The van der Waals surface area contributed by atoms with Gasteiger partial charge >= 0.3 is 0 Å². The van der Waals surface area contributed by atoms with Crippen molar-refractivity contribution >= 4 is 29.3 Å². The van der Waals surface area contributed by atoms with E-state index >= 15 is 0 Å². The van der Waals surface area contributed by atoms with Gasteiger partial charge in [0.05, 0.1) is 7.11 Å². The van der Waals surface area contributed by atoms with Crippen LogP contribution in [-0.4, -0.2) is 19.1 Å². The molecule has 0 fully saturated rings. The lowest BCUT2D eigenvalue weighted by Crippen LogP contribution is -2.32. The first kappa shape index (κ1) is 22.3. The Morgan fingerprint density at radius 3 is 2.50 bits per heavy atom. The van der Waals surface area contributed by atoms with Crippen LogP contribution in [0.4, 0.5) is 0 Å². The summed E-state index contributed by atoms with van der Waals surface area (Å²) in [6.45, 7) is 2.04. The average molecular weight is 440 g/mol. The van der Waals surface area contributed by atoms with Gasteiger partial charge in [0.15, 0.2) is 0 Å². The molecule has 0 saturated heterocycles. The second-order valence-electron chi connectivity index (χ2n) is 7.17. The van der Waals surface area contributed by atoms with Gasteiger partial charge in [0, 0.05) is 32.8 Å². The van der Waals surface area contributed by atoms with Crippen LogP contribution in [0.25, 0.3) is 0 Å². The largest absolute Gasteiger partial charge is 0.496 e. The number of halogens is 1. The fourth-order valence-corrected chi connectivity index (χ4v) is 4.13. The summed E-state index contributed by atoms with van der Waals surface area (Å²) in [6.07, 6.45) is 1.83. The van der Waals surface area contributed by atoms with Gasteiger partial charge in [-0.15, -0.1) is 11.8 Å². The molecule has 5 heteroatoms. The molecule has 1 amide bonds. The summed E-state index contributed by atoms with van der Waals surface area (Å²) in [4.78, 5) is 13.9. The molecule has 0 radical (unpaired) electrons. The molecule has 1 atom stereocenters. The highest BCUT2D eigenvalue weighted by Gasteiger charge is 2.13. The summed E-state index contributed by atoms with van der Waals surface area (Å²) < 4.78 is 5.49. The van der Waals surface area contributed by atoms with Gasteiger partial charge in [-0.3, -0.25) is 4.79 Å². The van der Waals surface area contributed by atoms with E-state index in [4.69, 9.17) is 16.3 Å². The Labute approximate surface area is 187 Å². The molecule has 0 heterocycles. The number of carbonyl (C=O) groups excluding carboxylic acids is 1. The fraction of sp³-hybridized carbons (Fsp3) is 0.240. The molecular formula is C25H26ClNO2S. The van der Waals surface area contributed by atoms with Crippen molar-refractivity contribution in [1.82, 2.24) is 5.32 Å². The van der Waals surface area contributed by atoms with Gasteiger partial charge in [-0.2, -0.15) is 0 Å². The van der Waals surface area contributed by atoms with Crippen molar-refractivity contribution in [3.05, 3.63) is 94.5 Å². The lowest BCUT2D eigenvalue weighted by molar-refractivity contribution is 0.0938. The first-order chi connectivity index (χ1) is 14.5. The van der Waals surface area contributed by atoms with Gasteiger partial charge in [0.25, 0.3) is 5.91 Å². The van der Waals surface area contributed by atoms with E-state index in [1.807, 2.05) is 67.6 Å². The minimum Gasteiger partial charge on any atom is -0.496 e. The van der Waals surface area contributed by atoms with Crippen LogP contribution in [0, 0.1) is 0 Å². The lowest BCUT2D eigenvalue weighted by Gasteiger charge is -2.15. The van der Waals surface area contributed by atoms with Crippen molar-refractivity contribution < 1.29 is 9.53 Å². The summed E-state index contributed by atoms with van der Waals surface area (Å²) in [7, 11) is 1.65. The number of benzene rings is 3. The number of nitrogens with one attached hydrogen (secondary N) is 1. The van der Waals surface area contributed by atoms with Crippen molar-refractivity contribution in [3.8, 4) is 5.75 Å². The quantitative estimate of drug-likeness (QED) is 0.392. The van der Waals surface area contributed by atoms with Crippen molar-refractivity contribution in [2.24, 2.45) is 0 Å². The number of hydrogen-bond donors (Lipinski definition) is 1. The van der Waals surface area contributed by atoms with Crippen LogP contribution in [0.3, 0.4) is 0 Å². The van der Waals surface area contributed by atoms with E-state index in [1.165, 1.54) is 5.56 Å². The molecule has 0 spiro atoms. The number of thioether (sulfide) groups is 1. The van der Waals surface area contributed by atoms with Crippen LogP contribution < -0.4 is 10.1 Å². The van der Waals surface area contributed by atoms with Crippen molar-refractivity contribution in [3.63, 3.8) is 0 Å². The molecule has 30 heavy (non-hydrogen) atoms. The van der Waals surface area contributed by atoms with E-state index < -0.39 is 0 Å².